The lowest BCUT2D eigenvalue weighted by atomic mass is 10.0. The van der Waals surface area contributed by atoms with Crippen molar-refractivity contribution in [3.05, 3.63) is 70.7 Å². The Morgan fingerprint density at radius 3 is 2.36 bits per heavy atom. The van der Waals surface area contributed by atoms with Crippen molar-refractivity contribution in [2.24, 2.45) is 0 Å². The predicted octanol–water partition coefficient (Wildman–Crippen LogP) is 3.16. The van der Waals surface area contributed by atoms with E-state index in [0.29, 0.717) is 106 Å². The van der Waals surface area contributed by atoms with Crippen LogP contribution in [0.4, 0.5) is 17.2 Å². The molecule has 7 rings (SSSR count). The van der Waals surface area contributed by atoms with Crippen molar-refractivity contribution in [2.45, 2.75) is 89.4 Å². The fraction of sp³-hybridized carbons (Fsp3) is 0.532. The van der Waals surface area contributed by atoms with Gasteiger partial charge in [0.15, 0.2) is 5.82 Å². The Morgan fingerprint density at radius 2 is 1.64 bits per heavy atom. The summed E-state index contributed by atoms with van der Waals surface area (Å²) in [7, 11) is 3.36. The number of anilines is 3. The van der Waals surface area contributed by atoms with Crippen LogP contribution in [0.5, 0.6) is 5.75 Å². The first-order chi connectivity index (χ1) is 32.1. The number of piperidine rings is 1. The minimum atomic E-state index is -0.724. The van der Waals surface area contributed by atoms with E-state index in [2.05, 4.69) is 31.2 Å². The molecule has 1 saturated carbocycles. The molecule has 1 aromatic heterocycles. The minimum absolute atomic E-state index is 0. The average molecular weight is 949 g/mol. The van der Waals surface area contributed by atoms with E-state index in [9.17, 15) is 28.8 Å². The van der Waals surface area contributed by atoms with Gasteiger partial charge in [-0.3, -0.25) is 34.1 Å². The summed E-state index contributed by atoms with van der Waals surface area (Å²) < 4.78 is 22.5. The fourth-order valence-corrected chi connectivity index (χ4v) is 8.97. The molecule has 67 heavy (non-hydrogen) atoms. The molecule has 2 aromatic carbocycles. The molecule has 1 saturated heterocycles. The van der Waals surface area contributed by atoms with Crippen LogP contribution in [-0.2, 0) is 46.4 Å². The number of benzene rings is 2. The van der Waals surface area contributed by atoms with Gasteiger partial charge in [0.25, 0.3) is 11.8 Å². The SMILES string of the molecule is CC[C@@H]1C(=O)N(C)c2cnc(Cc3ccc(C(=O)NCCOCCOCCOCCNCCC(=O)Nc4cccc5c4CN(C4CCC(=O)NC4=O)C5=O)cc3OC)nc2N1C1CCCC1.Cl. The lowest BCUT2D eigenvalue weighted by Crippen LogP contribution is -2.55. The molecule has 0 spiro atoms. The van der Waals surface area contributed by atoms with Crippen LogP contribution in [-0.4, -0.2) is 142 Å². The number of nitrogens with zero attached hydrogens (tertiary/aromatic N) is 5. The maximum atomic E-state index is 13.3. The Labute approximate surface area is 396 Å². The molecule has 3 aliphatic heterocycles. The van der Waals surface area contributed by atoms with Gasteiger partial charge in [0.05, 0.1) is 52.9 Å². The van der Waals surface area contributed by atoms with E-state index < -0.39 is 11.9 Å². The van der Waals surface area contributed by atoms with Gasteiger partial charge in [-0.1, -0.05) is 31.9 Å². The lowest BCUT2D eigenvalue weighted by molar-refractivity contribution is -0.137. The monoisotopic (exact) mass is 947 g/mol. The maximum Gasteiger partial charge on any atom is 0.255 e. The molecule has 20 heteroatoms. The van der Waals surface area contributed by atoms with Gasteiger partial charge in [0.2, 0.25) is 23.6 Å². The molecule has 3 aromatic rings. The molecule has 4 aliphatic rings. The maximum absolute atomic E-state index is 13.3. The lowest BCUT2D eigenvalue weighted by Gasteiger charge is -2.43. The van der Waals surface area contributed by atoms with E-state index in [1.165, 1.54) is 4.90 Å². The Morgan fingerprint density at radius 1 is 0.910 bits per heavy atom. The highest BCUT2D eigenvalue weighted by Gasteiger charge is 2.42. The van der Waals surface area contributed by atoms with Gasteiger partial charge in [-0.25, -0.2) is 9.97 Å². The highest BCUT2D eigenvalue weighted by Crippen LogP contribution is 2.40. The highest BCUT2D eigenvalue weighted by atomic mass is 35.5. The first-order valence-electron chi connectivity index (χ1n) is 22.9. The average Bonchev–Trinajstić information content (AvgIpc) is 3.97. The number of ether oxygens (including phenoxy) is 4. The van der Waals surface area contributed by atoms with Gasteiger partial charge in [-0.15, -0.1) is 12.4 Å². The molecular weight excluding hydrogens is 886 g/mol. The largest absolute Gasteiger partial charge is 0.496 e. The van der Waals surface area contributed by atoms with E-state index in [-0.39, 0.29) is 79.8 Å². The molecule has 1 unspecified atom stereocenters. The Hall–Kier alpha value is -5.73. The molecule has 1 aliphatic carbocycles. The van der Waals surface area contributed by atoms with E-state index in [0.717, 1.165) is 42.8 Å². The number of amides is 6. The summed E-state index contributed by atoms with van der Waals surface area (Å²) in [6, 6.07) is 9.74. The van der Waals surface area contributed by atoms with Crippen molar-refractivity contribution in [1.82, 2.24) is 30.8 Å². The number of aromatic nitrogens is 2. The third-order valence-corrected chi connectivity index (χ3v) is 12.4. The number of hydrogen-bond acceptors (Lipinski definition) is 14. The molecule has 2 fully saturated rings. The molecule has 4 heterocycles. The number of nitrogens with one attached hydrogen (secondary N) is 4. The van der Waals surface area contributed by atoms with Gasteiger partial charge in [0.1, 0.15) is 29.3 Å². The molecule has 6 amide bonds. The summed E-state index contributed by atoms with van der Waals surface area (Å²) in [4.78, 5) is 90.9. The van der Waals surface area contributed by atoms with Crippen LogP contribution in [0.15, 0.2) is 42.6 Å². The molecule has 2 atom stereocenters. The van der Waals surface area contributed by atoms with Crippen molar-refractivity contribution < 1.29 is 47.7 Å². The summed E-state index contributed by atoms with van der Waals surface area (Å²) >= 11 is 0. The first-order valence-corrected chi connectivity index (χ1v) is 22.9. The molecular formula is C47H62ClN9O10. The topological polar surface area (TPSA) is 223 Å². The smallest absolute Gasteiger partial charge is 0.255 e. The molecule has 4 N–H and O–H groups in total. The summed E-state index contributed by atoms with van der Waals surface area (Å²) in [5.41, 5.74) is 3.64. The summed E-state index contributed by atoms with van der Waals surface area (Å²) in [6.45, 7) is 5.77. The van der Waals surface area contributed by atoms with Crippen LogP contribution >= 0.6 is 12.4 Å². The van der Waals surface area contributed by atoms with Crippen molar-refractivity contribution in [1.29, 1.82) is 0 Å². The third kappa shape index (κ3) is 12.4. The number of likely N-dealkylation sites (N-methyl/N-ethyl adjacent to an activating group) is 1. The van der Waals surface area contributed by atoms with Gasteiger partial charge >= 0.3 is 0 Å². The predicted molar refractivity (Wildman–Crippen MR) is 251 cm³/mol. The Kier molecular flexibility index (Phi) is 18.4. The summed E-state index contributed by atoms with van der Waals surface area (Å²) in [5, 5.41) is 11.2. The van der Waals surface area contributed by atoms with Crippen molar-refractivity contribution in [3.8, 4) is 5.75 Å². The number of fused-ring (bicyclic) bond motifs is 2. The van der Waals surface area contributed by atoms with Crippen LogP contribution in [0, 0.1) is 0 Å². The van der Waals surface area contributed by atoms with Crippen molar-refractivity contribution >= 4 is 65.0 Å². The molecule has 0 radical (unpaired) electrons. The van der Waals surface area contributed by atoms with Gasteiger partial charge in [0, 0.05) is 86.5 Å². The molecule has 362 valence electrons. The number of halogens is 1. The van der Waals surface area contributed by atoms with Gasteiger partial charge in [-0.2, -0.15) is 0 Å². The molecule has 0 bridgehead atoms. The van der Waals surface area contributed by atoms with E-state index >= 15 is 0 Å². The third-order valence-electron chi connectivity index (χ3n) is 12.4. The number of carbonyl (C=O) groups excluding carboxylic acids is 6. The zero-order chi connectivity index (χ0) is 46.6. The first kappa shape index (κ1) is 50.7. The summed E-state index contributed by atoms with van der Waals surface area (Å²) in [6.07, 6.45) is 7.87. The normalized spacial score (nSPS) is 18.1. The quantitative estimate of drug-likeness (QED) is 0.0793. The standard InChI is InChI=1S/C47H61N9O10.ClH/c1-4-36-47(62)54(2)38-28-50-40(52-43(38)56(36)32-8-5-6-9-32)27-30-12-13-31(26-39(30)63-3)44(59)49-19-21-65-23-25-66-24-22-64-20-18-48-17-16-42(58)51-35-11-7-10-33-34(35)29-55(46(33)61)37-14-15-41(57)53-45(37)60;/h7,10-13,26,28,32,36-37,48H,4-6,8-9,14-25,27,29H2,1-3H3,(H,49,59)(H,51,58)(H,53,57,60);1H/t36-,37?;/m1./s1. The van der Waals surface area contributed by atoms with Crippen LogP contribution in [0.3, 0.4) is 0 Å². The number of rotatable bonds is 23. The summed E-state index contributed by atoms with van der Waals surface area (Å²) in [5.74, 6) is 0.462. The van der Waals surface area contributed by atoms with Gasteiger partial charge in [-0.05, 0) is 49.9 Å². The second-order valence-corrected chi connectivity index (χ2v) is 16.7. The second kappa shape index (κ2) is 24.3. The second-order valence-electron chi connectivity index (χ2n) is 16.7. The zero-order valence-corrected chi connectivity index (χ0v) is 39.3. The Bertz CT molecular complexity index is 2260. The minimum Gasteiger partial charge on any atom is -0.496 e. The van der Waals surface area contributed by atoms with Crippen LogP contribution in [0.25, 0.3) is 0 Å². The van der Waals surface area contributed by atoms with Crippen LogP contribution in [0.2, 0.25) is 0 Å². The number of imide groups is 1. The fourth-order valence-electron chi connectivity index (χ4n) is 8.97. The molecule has 19 nitrogen and oxygen atoms in total. The van der Waals surface area contributed by atoms with E-state index in [1.807, 2.05) is 13.0 Å². The number of carbonyl (C=O) groups is 6. The van der Waals surface area contributed by atoms with Crippen molar-refractivity contribution in [3.63, 3.8) is 0 Å². The van der Waals surface area contributed by atoms with E-state index in [1.54, 1.807) is 55.6 Å². The number of methoxy groups -OCH3 is 1. The zero-order valence-electron chi connectivity index (χ0n) is 38.4. The Balaban J connectivity index is 0.00000741. The highest BCUT2D eigenvalue weighted by molar-refractivity contribution is 6.07. The van der Waals surface area contributed by atoms with E-state index in [4.69, 9.17) is 23.9 Å². The number of hydrogen-bond donors (Lipinski definition) is 4. The van der Waals surface area contributed by atoms with Crippen molar-refractivity contribution in [2.75, 3.05) is 88.5 Å². The van der Waals surface area contributed by atoms with Gasteiger partial charge < -0.3 is 49.6 Å². The van der Waals surface area contributed by atoms with Crippen LogP contribution < -0.4 is 35.8 Å². The van der Waals surface area contributed by atoms with Crippen LogP contribution in [0.1, 0.15) is 96.0 Å².